The first-order valence-electron chi connectivity index (χ1n) is 20.8. The maximum absolute atomic E-state index is 15.6. The van der Waals surface area contributed by atoms with Gasteiger partial charge in [0.25, 0.3) is 0 Å². The summed E-state index contributed by atoms with van der Waals surface area (Å²) >= 11 is 0. The number of nitrogens with two attached hydrogens (primary N) is 1. The highest BCUT2D eigenvalue weighted by molar-refractivity contribution is 8.76. The number of aliphatic hydroxyl groups excluding tert-OH is 6. The van der Waals surface area contributed by atoms with Crippen LogP contribution in [0.15, 0.2) is 23.5 Å². The quantitative estimate of drug-likeness (QED) is 0.166. The first kappa shape index (κ1) is 42.1. The Morgan fingerprint density at radius 1 is 0.945 bits per heavy atom. The number of hydrogen-bond donors (Lipinski definition) is 9. The molecule has 0 radical (unpaired) electrons. The average molecular weight is 812 g/mol. The third kappa shape index (κ3) is 8.13. The molecule has 0 amide bonds. The normalized spacial score (nSPS) is 45.7. The number of rotatable bonds is 7. The van der Waals surface area contributed by atoms with E-state index in [4.69, 9.17) is 9.47 Å². The molecule has 55 heavy (non-hydrogen) atoms. The van der Waals surface area contributed by atoms with Gasteiger partial charge in [0.05, 0.1) is 37.0 Å². The molecule has 0 aromatic rings. The maximum atomic E-state index is 15.6. The fourth-order valence-electron chi connectivity index (χ4n) is 11.3. The van der Waals surface area contributed by atoms with Crippen LogP contribution in [0.3, 0.4) is 0 Å². The number of ketones is 2. The van der Waals surface area contributed by atoms with Crippen molar-refractivity contribution >= 4 is 33.2 Å². The van der Waals surface area contributed by atoms with Gasteiger partial charge in [0, 0.05) is 30.8 Å². The average Bonchev–Trinajstić information content (AvgIpc) is 3.19. The van der Waals surface area contributed by atoms with E-state index in [9.17, 15) is 35.7 Å². The Kier molecular flexibility index (Phi) is 13.8. The third-order valence-corrected chi connectivity index (χ3v) is 17.0. The predicted molar refractivity (Wildman–Crippen MR) is 206 cm³/mol. The highest BCUT2D eigenvalue weighted by atomic mass is 33.1. The minimum absolute atomic E-state index is 0.0529. The summed E-state index contributed by atoms with van der Waals surface area (Å²) in [5.41, 5.74) is -2.85. The van der Waals surface area contributed by atoms with Crippen LogP contribution in [-0.4, -0.2) is 127 Å². The van der Waals surface area contributed by atoms with Crippen LogP contribution in [0, 0.1) is 40.9 Å². The largest absolute Gasteiger partial charge is 0.511 e. The van der Waals surface area contributed by atoms with Crippen molar-refractivity contribution in [3.8, 4) is 0 Å². The second-order valence-electron chi connectivity index (χ2n) is 17.5. The molecule has 10 N–H and O–H groups in total. The zero-order chi connectivity index (χ0) is 38.9. The first-order valence-corrected chi connectivity index (χ1v) is 23.2. The van der Waals surface area contributed by atoms with Crippen LogP contribution in [-0.2, 0) is 19.1 Å². The Balaban J connectivity index is 1.28. The molecule has 3 aliphatic heterocycles. The fraction of sp³-hybridized carbons (Fsp3) is 0.850. The molecule has 3 saturated heterocycles. The number of carbonyl (C=O) groups excluding carboxylic acids is 2. The molecule has 7 rings (SSSR count). The lowest BCUT2D eigenvalue weighted by Gasteiger charge is -2.54. The molecular weight excluding hydrogens is 749 g/mol. The Labute approximate surface area is 331 Å². The molecule has 3 heterocycles. The number of quaternary nitrogens is 1. The van der Waals surface area contributed by atoms with Gasteiger partial charge in [0.15, 0.2) is 12.1 Å². The summed E-state index contributed by atoms with van der Waals surface area (Å²) in [5, 5.41) is 82.9. The molecule has 15 atom stereocenters. The van der Waals surface area contributed by atoms with Gasteiger partial charge in [-0.1, -0.05) is 46.9 Å². The van der Waals surface area contributed by atoms with Crippen LogP contribution in [0.4, 0.5) is 0 Å². The van der Waals surface area contributed by atoms with Gasteiger partial charge in [-0.05, 0) is 93.6 Å². The minimum Gasteiger partial charge on any atom is -0.511 e. The van der Waals surface area contributed by atoms with Crippen LogP contribution in [0.1, 0.15) is 89.9 Å². The molecule has 13 nitrogen and oxygen atoms in total. The fourth-order valence-corrected chi connectivity index (χ4v) is 14.2. The van der Waals surface area contributed by atoms with Gasteiger partial charge in [-0.25, -0.2) is 0 Å². The Morgan fingerprint density at radius 3 is 2.53 bits per heavy atom. The van der Waals surface area contributed by atoms with E-state index in [2.05, 4.69) is 10.6 Å². The third-order valence-electron chi connectivity index (χ3n) is 14.2. The molecule has 6 fully saturated rings. The van der Waals surface area contributed by atoms with Gasteiger partial charge in [0.1, 0.15) is 47.0 Å². The number of allylic oxidation sites excluding steroid dienone is 4. The molecule has 0 aromatic carbocycles. The molecular formula is C40H63N2O11S2+. The van der Waals surface area contributed by atoms with Crippen molar-refractivity contribution in [2.75, 3.05) is 32.2 Å². The van der Waals surface area contributed by atoms with Crippen molar-refractivity contribution in [2.45, 2.75) is 138 Å². The highest BCUT2D eigenvalue weighted by Gasteiger charge is 2.67. The van der Waals surface area contributed by atoms with E-state index < -0.39 is 71.3 Å². The topological polar surface area (TPSA) is 223 Å². The van der Waals surface area contributed by atoms with E-state index in [1.54, 1.807) is 16.9 Å². The zero-order valence-corrected chi connectivity index (χ0v) is 33.4. The molecule has 7 aliphatic rings. The van der Waals surface area contributed by atoms with Gasteiger partial charge in [-0.3, -0.25) is 14.9 Å². The zero-order valence-electron chi connectivity index (χ0n) is 31.8. The maximum Gasteiger partial charge on any atom is 0.187 e. The Morgan fingerprint density at radius 2 is 1.75 bits per heavy atom. The first-order chi connectivity index (χ1) is 26.5. The van der Waals surface area contributed by atoms with Crippen LogP contribution in [0.2, 0.25) is 0 Å². The molecule has 3 saturated carbocycles. The van der Waals surface area contributed by atoms with E-state index in [1.807, 2.05) is 6.08 Å². The molecule has 0 aromatic heterocycles. The van der Waals surface area contributed by atoms with Gasteiger partial charge >= 0.3 is 0 Å². The molecule has 1 spiro atoms. The van der Waals surface area contributed by atoms with Crippen LogP contribution < -0.4 is 10.6 Å². The number of aliphatic hydroxyl groups is 7. The molecule has 6 bridgehead atoms. The van der Waals surface area contributed by atoms with E-state index in [1.165, 1.54) is 10.8 Å². The van der Waals surface area contributed by atoms with E-state index in [0.29, 0.717) is 50.8 Å². The summed E-state index contributed by atoms with van der Waals surface area (Å²) in [6.45, 7) is 0.254. The van der Waals surface area contributed by atoms with Crippen LogP contribution in [0.25, 0.3) is 0 Å². The molecule has 4 aliphatic carbocycles. The number of hydrogen-bond acceptors (Lipinski definition) is 14. The Bertz CT molecular complexity index is 1440. The number of piperidine rings is 1. The summed E-state index contributed by atoms with van der Waals surface area (Å²) in [4.78, 5) is 30.6. The lowest BCUT2D eigenvalue weighted by molar-refractivity contribution is -0.704. The van der Waals surface area contributed by atoms with Crippen LogP contribution in [0.5, 0.6) is 0 Å². The second kappa shape index (κ2) is 18.0. The van der Waals surface area contributed by atoms with Gasteiger partial charge in [-0.2, -0.15) is 0 Å². The van der Waals surface area contributed by atoms with Crippen LogP contribution >= 0.6 is 21.6 Å². The predicted octanol–water partition coefficient (Wildman–Crippen LogP) is 1.45. The number of fused-ring (bicyclic) bond motifs is 4. The lowest BCUT2D eigenvalue weighted by Crippen LogP contribution is -2.95. The number of Topliss-reactive ketones (excluding diaryl/α,β-unsaturated/α-hetero) is 2. The van der Waals surface area contributed by atoms with Crippen molar-refractivity contribution in [1.29, 1.82) is 0 Å². The van der Waals surface area contributed by atoms with E-state index >= 15 is 9.59 Å². The number of ether oxygens (including phenoxy) is 2. The van der Waals surface area contributed by atoms with Gasteiger partial charge in [-0.15, -0.1) is 0 Å². The summed E-state index contributed by atoms with van der Waals surface area (Å²) in [6, 6.07) is 0. The summed E-state index contributed by atoms with van der Waals surface area (Å²) in [5.74, 6) is -1.93. The SMILES string of the molecule is O=C1C2CCCC3OC4OC(CO)C(O)C(O)(CCC5CC[NH2+]C(C5)NCSSC(CCCO)C5(C(=O)C32)C(O)=CC(CC2CCCC(CO)C2)=CC15)C4O. The van der Waals surface area contributed by atoms with E-state index in [-0.39, 0.29) is 60.9 Å². The highest BCUT2D eigenvalue weighted by Crippen LogP contribution is 2.60. The van der Waals surface area contributed by atoms with Gasteiger partial charge in [0.2, 0.25) is 0 Å². The van der Waals surface area contributed by atoms with Crippen molar-refractivity contribution in [1.82, 2.24) is 5.32 Å². The van der Waals surface area contributed by atoms with Crippen molar-refractivity contribution < 1.29 is 60.1 Å². The van der Waals surface area contributed by atoms with Crippen molar-refractivity contribution in [3.05, 3.63) is 23.5 Å². The summed E-state index contributed by atoms with van der Waals surface area (Å²) < 4.78 is 12.5. The summed E-state index contributed by atoms with van der Waals surface area (Å²) in [7, 11) is 3.03. The standard InChI is InChI=1S/C40H62N2O11S2/c43-13-3-8-31-40-27(16-25(17-30(40)46)15-23-4-1-5-24(14-23)19-44)34(47)26-6-2-7-28(33(26)36(40)49)52-38-37(50)39(51,35(48)29(20-45)53-38)11-9-22-10-12-41-32(18-22)42-21-54-55-31/h16-17,22-24,26-29,31-33,35,37-38,41-46,48,50-51H,1-15,18-21H2/p+1. The summed E-state index contributed by atoms with van der Waals surface area (Å²) in [6.07, 6.45) is 5.67. The smallest absolute Gasteiger partial charge is 0.187 e. The molecule has 310 valence electrons. The number of carbonyl (C=O) groups is 2. The minimum atomic E-state index is -2.05. The van der Waals surface area contributed by atoms with Crippen molar-refractivity contribution in [3.63, 3.8) is 0 Å². The monoisotopic (exact) mass is 811 g/mol. The second-order valence-corrected chi connectivity index (χ2v) is 20.1. The van der Waals surface area contributed by atoms with Gasteiger partial charge < -0.3 is 50.5 Å². The molecule has 15 unspecified atom stereocenters. The molecule has 15 heteroatoms. The Hall–Kier alpha value is -1.08. The van der Waals surface area contributed by atoms with Crippen molar-refractivity contribution in [2.24, 2.45) is 40.9 Å². The number of nitrogens with one attached hydrogen (secondary N) is 1. The lowest BCUT2D eigenvalue weighted by atomic mass is 9.50. The van der Waals surface area contributed by atoms with E-state index in [0.717, 1.165) is 50.6 Å².